The molecular weight excluding hydrogens is 206 g/mol. The van der Waals surface area contributed by atoms with Crippen molar-refractivity contribution in [1.82, 2.24) is 0 Å². The molecule has 0 heterocycles. The van der Waals surface area contributed by atoms with E-state index in [4.69, 9.17) is 5.26 Å². The van der Waals surface area contributed by atoms with Crippen molar-refractivity contribution in [2.75, 3.05) is 0 Å². The third-order valence-electron chi connectivity index (χ3n) is 3.75. The summed E-state index contributed by atoms with van der Waals surface area (Å²) in [5, 5.41) is 8.77. The fourth-order valence-electron chi connectivity index (χ4n) is 2.75. The molecule has 0 aromatic heterocycles. The second-order valence-electron chi connectivity index (χ2n) is 4.87. The Morgan fingerprint density at radius 3 is 2.29 bits per heavy atom. The van der Waals surface area contributed by atoms with Crippen LogP contribution in [-0.4, -0.2) is 0 Å². The normalized spacial score (nSPS) is 24.7. The number of allylic oxidation sites excluding steroid dienone is 2. The van der Waals surface area contributed by atoms with Crippen LogP contribution in [0.15, 0.2) is 36.4 Å². The largest absolute Gasteiger partial charge is 0.192 e. The van der Waals surface area contributed by atoms with Gasteiger partial charge in [0, 0.05) is 0 Å². The Balaban J connectivity index is 1.98. The van der Waals surface area contributed by atoms with Crippen LogP contribution in [0.1, 0.15) is 49.7 Å². The van der Waals surface area contributed by atoms with Gasteiger partial charge in [0.15, 0.2) is 0 Å². The third-order valence-corrected chi connectivity index (χ3v) is 3.75. The van der Waals surface area contributed by atoms with Gasteiger partial charge in [-0.05, 0) is 62.1 Å². The third kappa shape index (κ3) is 2.97. The molecule has 1 aliphatic rings. The SMILES string of the molecule is CC=C[C@H]1CC[C@H](c2ccc(C#N)cc2)CC1. The maximum Gasteiger partial charge on any atom is 0.0991 e. The molecule has 0 amide bonds. The van der Waals surface area contributed by atoms with E-state index in [0.717, 1.165) is 11.5 Å². The first kappa shape index (κ1) is 11.9. The highest BCUT2D eigenvalue weighted by Crippen LogP contribution is 2.36. The van der Waals surface area contributed by atoms with Crippen LogP contribution in [0.4, 0.5) is 0 Å². The number of hydrogen-bond acceptors (Lipinski definition) is 1. The van der Waals surface area contributed by atoms with Crippen LogP contribution >= 0.6 is 0 Å². The van der Waals surface area contributed by atoms with Crippen molar-refractivity contribution in [2.45, 2.75) is 38.5 Å². The van der Waals surface area contributed by atoms with Gasteiger partial charge >= 0.3 is 0 Å². The summed E-state index contributed by atoms with van der Waals surface area (Å²) in [6.07, 6.45) is 9.67. The fourth-order valence-corrected chi connectivity index (χ4v) is 2.75. The van der Waals surface area contributed by atoms with E-state index in [1.54, 1.807) is 0 Å². The molecule has 1 aromatic carbocycles. The fraction of sp³-hybridized carbons (Fsp3) is 0.438. The van der Waals surface area contributed by atoms with Crippen molar-refractivity contribution in [3.63, 3.8) is 0 Å². The molecule has 0 saturated heterocycles. The molecule has 17 heavy (non-hydrogen) atoms. The Hall–Kier alpha value is -1.55. The highest BCUT2D eigenvalue weighted by Gasteiger charge is 2.20. The minimum Gasteiger partial charge on any atom is -0.192 e. The summed E-state index contributed by atoms with van der Waals surface area (Å²) in [6.45, 7) is 2.10. The van der Waals surface area contributed by atoms with Crippen molar-refractivity contribution in [1.29, 1.82) is 5.26 Å². The maximum absolute atomic E-state index is 8.77. The van der Waals surface area contributed by atoms with Crippen molar-refractivity contribution < 1.29 is 0 Å². The van der Waals surface area contributed by atoms with Gasteiger partial charge in [0.2, 0.25) is 0 Å². The van der Waals surface area contributed by atoms with E-state index >= 15 is 0 Å². The topological polar surface area (TPSA) is 23.8 Å². The van der Waals surface area contributed by atoms with E-state index in [-0.39, 0.29) is 0 Å². The molecule has 1 heteroatoms. The van der Waals surface area contributed by atoms with Crippen LogP contribution in [-0.2, 0) is 0 Å². The number of rotatable bonds is 2. The molecular formula is C16H19N. The van der Waals surface area contributed by atoms with Crippen molar-refractivity contribution >= 4 is 0 Å². The van der Waals surface area contributed by atoms with Gasteiger partial charge in [-0.1, -0.05) is 24.3 Å². The lowest BCUT2D eigenvalue weighted by Crippen LogP contribution is -2.11. The Kier molecular flexibility index (Phi) is 3.98. The van der Waals surface area contributed by atoms with E-state index in [1.165, 1.54) is 31.2 Å². The smallest absolute Gasteiger partial charge is 0.0991 e. The first-order valence-corrected chi connectivity index (χ1v) is 6.46. The van der Waals surface area contributed by atoms with Gasteiger partial charge in [0.25, 0.3) is 0 Å². The molecule has 0 N–H and O–H groups in total. The van der Waals surface area contributed by atoms with Crippen LogP contribution in [0, 0.1) is 17.2 Å². The second kappa shape index (κ2) is 5.68. The minimum absolute atomic E-state index is 0.698. The molecule has 1 nitrogen and oxygen atoms in total. The Morgan fingerprint density at radius 2 is 1.76 bits per heavy atom. The van der Waals surface area contributed by atoms with Gasteiger partial charge < -0.3 is 0 Å². The summed E-state index contributed by atoms with van der Waals surface area (Å²) in [5.74, 6) is 1.49. The average molecular weight is 225 g/mol. The molecule has 0 atom stereocenters. The molecule has 0 spiro atoms. The molecule has 1 saturated carbocycles. The molecule has 0 unspecified atom stereocenters. The number of nitriles is 1. The van der Waals surface area contributed by atoms with Gasteiger partial charge in [0.1, 0.15) is 0 Å². The van der Waals surface area contributed by atoms with Gasteiger partial charge in [-0.2, -0.15) is 5.26 Å². The summed E-state index contributed by atoms with van der Waals surface area (Å²) in [5.41, 5.74) is 2.17. The highest BCUT2D eigenvalue weighted by molar-refractivity contribution is 5.33. The molecule has 0 aliphatic heterocycles. The van der Waals surface area contributed by atoms with Gasteiger partial charge in [-0.3, -0.25) is 0 Å². The van der Waals surface area contributed by atoms with Crippen molar-refractivity contribution in [2.24, 2.45) is 5.92 Å². The highest BCUT2D eigenvalue weighted by atomic mass is 14.3. The lowest BCUT2D eigenvalue weighted by molar-refractivity contribution is 0.375. The molecule has 2 rings (SSSR count). The van der Waals surface area contributed by atoms with Crippen LogP contribution in [0.2, 0.25) is 0 Å². The first-order valence-electron chi connectivity index (χ1n) is 6.46. The van der Waals surface area contributed by atoms with E-state index in [1.807, 2.05) is 12.1 Å². The predicted octanol–water partition coefficient (Wildman–Crippen LogP) is 4.41. The van der Waals surface area contributed by atoms with Gasteiger partial charge in [-0.15, -0.1) is 0 Å². The molecule has 1 aromatic rings. The Morgan fingerprint density at radius 1 is 1.12 bits per heavy atom. The number of nitrogens with zero attached hydrogens (tertiary/aromatic N) is 1. The zero-order valence-electron chi connectivity index (χ0n) is 10.4. The van der Waals surface area contributed by atoms with E-state index in [9.17, 15) is 0 Å². The summed E-state index contributed by atoms with van der Waals surface area (Å²) in [4.78, 5) is 0. The average Bonchev–Trinajstić information content (AvgIpc) is 2.40. The van der Waals surface area contributed by atoms with E-state index < -0.39 is 0 Å². The first-order chi connectivity index (χ1) is 8.33. The Labute approximate surface area is 104 Å². The minimum atomic E-state index is 0.698. The summed E-state index contributed by atoms with van der Waals surface area (Å²) >= 11 is 0. The molecule has 1 aliphatic carbocycles. The quantitative estimate of drug-likeness (QED) is 0.684. The number of hydrogen-bond donors (Lipinski definition) is 0. The molecule has 88 valence electrons. The van der Waals surface area contributed by atoms with Gasteiger partial charge in [-0.25, -0.2) is 0 Å². The summed E-state index contributed by atoms with van der Waals surface area (Å²) in [7, 11) is 0. The van der Waals surface area contributed by atoms with Crippen LogP contribution in [0.5, 0.6) is 0 Å². The Bertz CT molecular complexity index is 414. The molecule has 0 radical (unpaired) electrons. The van der Waals surface area contributed by atoms with Crippen molar-refractivity contribution in [3.8, 4) is 6.07 Å². The zero-order valence-corrected chi connectivity index (χ0v) is 10.4. The molecule has 0 bridgehead atoms. The summed E-state index contributed by atoms with van der Waals surface area (Å²) in [6, 6.07) is 10.3. The van der Waals surface area contributed by atoms with E-state index in [0.29, 0.717) is 5.92 Å². The van der Waals surface area contributed by atoms with E-state index in [2.05, 4.69) is 37.3 Å². The lowest BCUT2D eigenvalue weighted by atomic mass is 9.78. The molecule has 1 fully saturated rings. The predicted molar refractivity (Wildman–Crippen MR) is 70.7 cm³/mol. The number of benzene rings is 1. The van der Waals surface area contributed by atoms with Crippen LogP contribution in [0.25, 0.3) is 0 Å². The van der Waals surface area contributed by atoms with Crippen LogP contribution in [0.3, 0.4) is 0 Å². The monoisotopic (exact) mass is 225 g/mol. The maximum atomic E-state index is 8.77. The van der Waals surface area contributed by atoms with Gasteiger partial charge in [0.05, 0.1) is 11.6 Å². The second-order valence-corrected chi connectivity index (χ2v) is 4.87. The summed E-state index contributed by atoms with van der Waals surface area (Å²) < 4.78 is 0. The van der Waals surface area contributed by atoms with Crippen molar-refractivity contribution in [3.05, 3.63) is 47.5 Å². The van der Waals surface area contributed by atoms with Crippen LogP contribution < -0.4 is 0 Å². The zero-order chi connectivity index (χ0) is 12.1. The standard InChI is InChI=1S/C16H19N/c1-2-3-13-4-8-15(9-5-13)16-10-6-14(12-17)7-11-16/h2-3,6-7,10-11,13,15H,4-5,8-9H2,1H3/t13-,15-. The lowest BCUT2D eigenvalue weighted by Gasteiger charge is -2.27.